The monoisotopic (exact) mass is 238 g/mol. The summed E-state index contributed by atoms with van der Waals surface area (Å²) >= 11 is 0. The fourth-order valence-electron chi connectivity index (χ4n) is 2.31. The average molecular weight is 238 g/mol. The fraction of sp³-hybridized carbons (Fsp3) is 0.833. The van der Waals surface area contributed by atoms with Gasteiger partial charge in [0.2, 0.25) is 5.89 Å². The molecule has 1 atom stereocenters. The molecule has 1 aliphatic heterocycles. The third-order valence-electron chi connectivity index (χ3n) is 3.20. The van der Waals surface area contributed by atoms with Crippen molar-refractivity contribution >= 4 is 0 Å². The van der Waals surface area contributed by atoms with Crippen molar-refractivity contribution < 1.29 is 4.52 Å². The molecule has 0 amide bonds. The van der Waals surface area contributed by atoms with Crippen molar-refractivity contribution in [2.24, 2.45) is 5.92 Å². The van der Waals surface area contributed by atoms with E-state index in [0.717, 1.165) is 43.7 Å². The lowest BCUT2D eigenvalue weighted by Gasteiger charge is -2.26. The summed E-state index contributed by atoms with van der Waals surface area (Å²) in [5, 5.41) is 7.35. The summed E-state index contributed by atoms with van der Waals surface area (Å²) in [6, 6.07) is 0. The van der Waals surface area contributed by atoms with Crippen LogP contribution in [-0.2, 0) is 13.0 Å². The highest BCUT2D eigenvalue weighted by Crippen LogP contribution is 2.12. The second-order valence-electron chi connectivity index (χ2n) is 4.87. The van der Waals surface area contributed by atoms with Gasteiger partial charge in [-0.05, 0) is 38.9 Å². The standard InChI is InChI=1S/C12H22N4O/c1-3-11-14-12(17-15-11)9-16(2)8-10-5-4-6-13-7-10/h10,13H,3-9H2,1-2H3. The van der Waals surface area contributed by atoms with Crippen LogP contribution in [0, 0.1) is 5.92 Å². The van der Waals surface area contributed by atoms with Crippen LogP contribution in [0.25, 0.3) is 0 Å². The molecular weight excluding hydrogens is 216 g/mol. The van der Waals surface area contributed by atoms with Gasteiger partial charge in [0.25, 0.3) is 0 Å². The minimum Gasteiger partial charge on any atom is -0.338 e. The van der Waals surface area contributed by atoms with Crippen LogP contribution in [-0.4, -0.2) is 41.7 Å². The Balaban J connectivity index is 1.77. The molecule has 1 aromatic heterocycles. The molecule has 17 heavy (non-hydrogen) atoms. The summed E-state index contributed by atoms with van der Waals surface area (Å²) in [4.78, 5) is 6.60. The minimum absolute atomic E-state index is 0.730. The Morgan fingerprint density at radius 2 is 2.41 bits per heavy atom. The van der Waals surface area contributed by atoms with Crippen LogP contribution in [0.5, 0.6) is 0 Å². The van der Waals surface area contributed by atoms with Crippen molar-refractivity contribution in [2.45, 2.75) is 32.7 Å². The molecule has 1 aromatic rings. The molecule has 5 heteroatoms. The van der Waals surface area contributed by atoms with E-state index in [2.05, 4.69) is 27.4 Å². The molecule has 2 heterocycles. The number of aryl methyl sites for hydroxylation is 1. The van der Waals surface area contributed by atoms with E-state index >= 15 is 0 Å². The minimum atomic E-state index is 0.730. The predicted molar refractivity (Wildman–Crippen MR) is 65.6 cm³/mol. The molecule has 1 fully saturated rings. The molecule has 0 saturated carbocycles. The zero-order valence-corrected chi connectivity index (χ0v) is 10.8. The van der Waals surface area contributed by atoms with E-state index in [1.165, 1.54) is 19.4 Å². The van der Waals surface area contributed by atoms with Gasteiger partial charge in [0, 0.05) is 13.0 Å². The molecule has 0 aromatic carbocycles. The Labute approximate surface area is 103 Å². The molecule has 1 unspecified atom stereocenters. The Hall–Kier alpha value is -0.940. The summed E-state index contributed by atoms with van der Waals surface area (Å²) in [5.74, 6) is 2.28. The van der Waals surface area contributed by atoms with E-state index in [1.54, 1.807) is 0 Å². The molecule has 1 N–H and O–H groups in total. The first-order valence-corrected chi connectivity index (χ1v) is 6.48. The lowest BCUT2D eigenvalue weighted by atomic mass is 9.99. The van der Waals surface area contributed by atoms with Crippen LogP contribution in [0.1, 0.15) is 31.5 Å². The van der Waals surface area contributed by atoms with E-state index in [9.17, 15) is 0 Å². The van der Waals surface area contributed by atoms with E-state index in [-0.39, 0.29) is 0 Å². The number of hydrogen-bond acceptors (Lipinski definition) is 5. The predicted octanol–water partition coefficient (Wildman–Crippen LogP) is 1.06. The molecule has 0 radical (unpaired) electrons. The number of nitrogens with one attached hydrogen (secondary N) is 1. The van der Waals surface area contributed by atoms with Gasteiger partial charge in [0.1, 0.15) is 0 Å². The molecular formula is C12H22N4O. The van der Waals surface area contributed by atoms with Crippen molar-refractivity contribution in [1.82, 2.24) is 20.4 Å². The van der Waals surface area contributed by atoms with Crippen molar-refractivity contribution in [3.05, 3.63) is 11.7 Å². The smallest absolute Gasteiger partial charge is 0.240 e. The maximum Gasteiger partial charge on any atom is 0.240 e. The average Bonchev–Trinajstić information content (AvgIpc) is 2.78. The molecule has 1 saturated heterocycles. The normalized spacial score (nSPS) is 21.0. The van der Waals surface area contributed by atoms with Gasteiger partial charge in [0.15, 0.2) is 5.82 Å². The zero-order chi connectivity index (χ0) is 12.1. The van der Waals surface area contributed by atoms with E-state index < -0.39 is 0 Å². The highest BCUT2D eigenvalue weighted by atomic mass is 16.5. The number of piperidine rings is 1. The summed E-state index contributed by atoms with van der Waals surface area (Å²) in [5.41, 5.74) is 0. The number of rotatable bonds is 5. The van der Waals surface area contributed by atoms with Gasteiger partial charge in [0.05, 0.1) is 6.54 Å². The first-order chi connectivity index (χ1) is 8.28. The highest BCUT2D eigenvalue weighted by Gasteiger charge is 2.16. The second kappa shape index (κ2) is 6.12. The molecule has 2 rings (SSSR count). The number of nitrogens with zero attached hydrogens (tertiary/aromatic N) is 3. The number of aromatic nitrogens is 2. The van der Waals surface area contributed by atoms with Gasteiger partial charge in [-0.25, -0.2) is 0 Å². The summed E-state index contributed by atoms with van der Waals surface area (Å²) in [7, 11) is 2.12. The third-order valence-corrected chi connectivity index (χ3v) is 3.20. The van der Waals surface area contributed by atoms with Crippen molar-refractivity contribution in [2.75, 3.05) is 26.7 Å². The van der Waals surface area contributed by atoms with E-state index in [0.29, 0.717) is 0 Å². The maximum absolute atomic E-state index is 5.20. The lowest BCUT2D eigenvalue weighted by Crippen LogP contribution is -2.36. The highest BCUT2D eigenvalue weighted by molar-refractivity contribution is 4.85. The Morgan fingerprint density at radius 3 is 3.06 bits per heavy atom. The van der Waals surface area contributed by atoms with Crippen LogP contribution >= 0.6 is 0 Å². The molecule has 0 spiro atoms. The van der Waals surface area contributed by atoms with E-state index in [1.807, 2.05) is 6.92 Å². The summed E-state index contributed by atoms with van der Waals surface area (Å²) < 4.78 is 5.20. The summed E-state index contributed by atoms with van der Waals surface area (Å²) in [6.07, 6.45) is 3.44. The Bertz CT molecular complexity index is 333. The van der Waals surface area contributed by atoms with Crippen LogP contribution in [0.2, 0.25) is 0 Å². The molecule has 96 valence electrons. The lowest BCUT2D eigenvalue weighted by molar-refractivity contribution is 0.213. The van der Waals surface area contributed by atoms with Gasteiger partial charge in [-0.15, -0.1) is 0 Å². The zero-order valence-electron chi connectivity index (χ0n) is 10.8. The maximum atomic E-state index is 5.20. The Kier molecular flexibility index (Phi) is 4.50. The molecule has 0 aliphatic carbocycles. The topological polar surface area (TPSA) is 54.2 Å². The first-order valence-electron chi connectivity index (χ1n) is 6.48. The van der Waals surface area contributed by atoms with Crippen molar-refractivity contribution in [3.63, 3.8) is 0 Å². The Morgan fingerprint density at radius 1 is 1.53 bits per heavy atom. The fourth-order valence-corrected chi connectivity index (χ4v) is 2.31. The third kappa shape index (κ3) is 3.78. The van der Waals surface area contributed by atoms with Crippen LogP contribution in [0.4, 0.5) is 0 Å². The second-order valence-corrected chi connectivity index (χ2v) is 4.87. The summed E-state index contributed by atoms with van der Waals surface area (Å²) in [6.45, 7) is 6.19. The molecule has 0 bridgehead atoms. The largest absolute Gasteiger partial charge is 0.338 e. The van der Waals surface area contributed by atoms with Crippen molar-refractivity contribution in [1.29, 1.82) is 0 Å². The van der Waals surface area contributed by atoms with Gasteiger partial charge >= 0.3 is 0 Å². The number of hydrogen-bond donors (Lipinski definition) is 1. The van der Waals surface area contributed by atoms with Gasteiger partial charge in [-0.2, -0.15) is 4.98 Å². The van der Waals surface area contributed by atoms with Crippen LogP contribution < -0.4 is 5.32 Å². The van der Waals surface area contributed by atoms with Crippen molar-refractivity contribution in [3.8, 4) is 0 Å². The molecule has 1 aliphatic rings. The molecule has 5 nitrogen and oxygen atoms in total. The quantitative estimate of drug-likeness (QED) is 0.831. The van der Waals surface area contributed by atoms with Gasteiger partial charge in [-0.1, -0.05) is 12.1 Å². The van der Waals surface area contributed by atoms with Crippen LogP contribution in [0.15, 0.2) is 4.52 Å². The van der Waals surface area contributed by atoms with E-state index in [4.69, 9.17) is 4.52 Å². The SMILES string of the molecule is CCc1noc(CN(C)CC2CCCNC2)n1. The van der Waals surface area contributed by atoms with Gasteiger partial charge < -0.3 is 9.84 Å². The first kappa shape index (κ1) is 12.5. The van der Waals surface area contributed by atoms with Gasteiger partial charge in [-0.3, -0.25) is 4.90 Å². The van der Waals surface area contributed by atoms with Crippen LogP contribution in [0.3, 0.4) is 0 Å².